The van der Waals surface area contributed by atoms with Gasteiger partial charge in [-0.2, -0.15) is 4.99 Å². The maximum absolute atomic E-state index is 13.9. The minimum Gasteiger partial charge on any atom is -0.378 e. The number of rotatable bonds is 7. The lowest BCUT2D eigenvalue weighted by Gasteiger charge is -2.33. The minimum absolute atomic E-state index is 0.255. The summed E-state index contributed by atoms with van der Waals surface area (Å²) in [7, 11) is 0. The summed E-state index contributed by atoms with van der Waals surface area (Å²) in [5, 5.41) is 3.39. The van der Waals surface area contributed by atoms with Crippen LogP contribution in [0.4, 0.5) is 8.78 Å². The van der Waals surface area contributed by atoms with Crippen LogP contribution in [0.5, 0.6) is 0 Å². The maximum atomic E-state index is 13.9. The highest BCUT2D eigenvalue weighted by atomic mass is 19.3. The summed E-state index contributed by atoms with van der Waals surface area (Å²) < 4.78 is 34.9. The molecule has 1 aromatic heterocycles. The maximum Gasteiger partial charge on any atom is 0.296 e. The number of guanidine groups is 1. The number of nitrogens with zero attached hydrogens (tertiary/aromatic N) is 5. The lowest BCUT2D eigenvalue weighted by molar-refractivity contribution is -0.00699. The Balaban J connectivity index is 1.64. The first kappa shape index (κ1) is 26.4. The molecule has 1 aliphatic heterocycles. The van der Waals surface area contributed by atoms with Crippen molar-refractivity contribution < 1.29 is 13.5 Å². The Labute approximate surface area is 211 Å². The highest BCUT2D eigenvalue weighted by molar-refractivity contribution is 6.06. The topological polar surface area (TPSA) is 93.1 Å². The molecule has 2 aromatic rings. The van der Waals surface area contributed by atoms with Gasteiger partial charge in [-0.05, 0) is 56.2 Å². The van der Waals surface area contributed by atoms with Crippen molar-refractivity contribution in [1.29, 1.82) is 0 Å². The lowest BCUT2D eigenvalue weighted by atomic mass is 9.86. The molecule has 3 N–H and O–H groups in total. The van der Waals surface area contributed by atoms with E-state index >= 15 is 0 Å². The zero-order valence-electron chi connectivity index (χ0n) is 21.0. The predicted octanol–water partition coefficient (Wildman–Crippen LogP) is 3.94. The van der Waals surface area contributed by atoms with Gasteiger partial charge in [0.15, 0.2) is 5.82 Å². The van der Waals surface area contributed by atoms with Crippen molar-refractivity contribution in [1.82, 2.24) is 19.8 Å². The fourth-order valence-corrected chi connectivity index (χ4v) is 4.90. The van der Waals surface area contributed by atoms with Crippen LogP contribution in [0.25, 0.3) is 11.0 Å². The molecular weight excluding hydrogens is 464 g/mol. The number of hydrogen-bond donors (Lipinski definition) is 2. The fraction of sp³-hybridized carbons (Fsp3) is 0.577. The fourth-order valence-electron chi connectivity index (χ4n) is 4.90. The SMILES string of the molecule is C=C/C(=N\C(=N/CN1CCOC[C@H]1CC)NC[C@H]1CC[C@H](N)CC1)n1c(C(F)F)nc2ccccc21. The Morgan fingerprint density at radius 2 is 2.08 bits per heavy atom. The van der Waals surface area contributed by atoms with Crippen LogP contribution in [0.2, 0.25) is 0 Å². The van der Waals surface area contributed by atoms with Crippen LogP contribution < -0.4 is 11.1 Å². The molecule has 0 bridgehead atoms. The first-order chi connectivity index (χ1) is 17.5. The number of aliphatic imine (C=N–C) groups is 2. The van der Waals surface area contributed by atoms with Crippen molar-refractivity contribution in [3.63, 3.8) is 0 Å². The van der Waals surface area contributed by atoms with Crippen LogP contribution in [-0.4, -0.2) is 71.3 Å². The number of halogens is 2. The molecule has 2 heterocycles. The van der Waals surface area contributed by atoms with E-state index in [-0.39, 0.29) is 23.7 Å². The van der Waals surface area contributed by atoms with Crippen LogP contribution in [0.3, 0.4) is 0 Å². The number of imidazole rings is 1. The average Bonchev–Trinajstić information content (AvgIpc) is 3.29. The number of hydrogen-bond acceptors (Lipinski definition) is 5. The van der Waals surface area contributed by atoms with Gasteiger partial charge in [0.2, 0.25) is 5.96 Å². The van der Waals surface area contributed by atoms with E-state index in [4.69, 9.17) is 20.5 Å². The number of nitrogens with two attached hydrogens (primary N) is 1. The molecule has 0 unspecified atom stereocenters. The van der Waals surface area contributed by atoms with Crippen LogP contribution >= 0.6 is 0 Å². The largest absolute Gasteiger partial charge is 0.378 e. The lowest BCUT2D eigenvalue weighted by Crippen LogP contribution is -2.45. The quantitative estimate of drug-likeness (QED) is 0.443. The second-order valence-corrected chi connectivity index (χ2v) is 9.50. The summed E-state index contributed by atoms with van der Waals surface area (Å²) in [5.74, 6) is 0.758. The zero-order chi connectivity index (χ0) is 25.5. The summed E-state index contributed by atoms with van der Waals surface area (Å²) in [6.07, 6.45) is 3.77. The Morgan fingerprint density at radius 1 is 1.31 bits per heavy atom. The zero-order valence-corrected chi connectivity index (χ0v) is 21.0. The molecule has 1 saturated heterocycles. The molecule has 4 rings (SSSR count). The first-order valence-electron chi connectivity index (χ1n) is 12.8. The molecule has 8 nitrogen and oxygen atoms in total. The van der Waals surface area contributed by atoms with Gasteiger partial charge in [-0.3, -0.25) is 9.47 Å². The van der Waals surface area contributed by atoms with Crippen molar-refractivity contribution in [3.8, 4) is 0 Å². The van der Waals surface area contributed by atoms with Crippen molar-refractivity contribution in [2.24, 2.45) is 21.6 Å². The summed E-state index contributed by atoms with van der Waals surface area (Å²) in [6.45, 7) is 9.27. The number of nitrogens with one attached hydrogen (secondary N) is 1. The van der Waals surface area contributed by atoms with Crippen molar-refractivity contribution in [3.05, 3.63) is 42.7 Å². The van der Waals surface area contributed by atoms with E-state index in [1.165, 1.54) is 10.6 Å². The molecule has 2 fully saturated rings. The van der Waals surface area contributed by atoms with E-state index in [0.717, 1.165) is 38.6 Å². The number of para-hydroxylation sites is 2. The molecule has 10 heteroatoms. The number of alkyl halides is 2. The van der Waals surface area contributed by atoms with E-state index in [2.05, 4.69) is 28.7 Å². The molecular formula is C26H37F2N7O. The van der Waals surface area contributed by atoms with E-state index in [1.807, 2.05) is 0 Å². The highest BCUT2D eigenvalue weighted by Gasteiger charge is 2.24. The second-order valence-electron chi connectivity index (χ2n) is 9.50. The average molecular weight is 502 g/mol. The summed E-state index contributed by atoms with van der Waals surface area (Å²) in [5.41, 5.74) is 7.09. The minimum atomic E-state index is -2.76. The second kappa shape index (κ2) is 12.5. The van der Waals surface area contributed by atoms with E-state index in [9.17, 15) is 8.78 Å². The van der Waals surface area contributed by atoms with E-state index in [1.54, 1.807) is 24.3 Å². The highest BCUT2D eigenvalue weighted by Crippen LogP contribution is 2.25. The van der Waals surface area contributed by atoms with Crippen molar-refractivity contribution >= 4 is 22.8 Å². The van der Waals surface area contributed by atoms with Gasteiger partial charge in [-0.25, -0.2) is 18.8 Å². The summed E-state index contributed by atoms with van der Waals surface area (Å²) in [4.78, 5) is 15.9. The molecule has 1 aromatic carbocycles. The predicted molar refractivity (Wildman–Crippen MR) is 140 cm³/mol. The molecule has 1 aliphatic carbocycles. The summed E-state index contributed by atoms with van der Waals surface area (Å²) in [6, 6.07) is 7.59. The van der Waals surface area contributed by atoms with Gasteiger partial charge >= 0.3 is 0 Å². The Morgan fingerprint density at radius 3 is 2.81 bits per heavy atom. The third-order valence-corrected chi connectivity index (χ3v) is 7.08. The van der Waals surface area contributed by atoms with Crippen LogP contribution in [-0.2, 0) is 4.74 Å². The number of allylic oxidation sites excluding steroid dienone is 1. The molecule has 2 aliphatic rings. The standard InChI is InChI=1S/C26H37F2N7O/c1-3-20-16-36-14-13-34(20)17-31-26(30-15-18-9-11-19(29)12-10-18)33-23(4-2)35-22-8-6-5-7-21(22)32-25(35)24(27)28/h4-8,18-20,24H,2-3,9-17,29H2,1H3,(H,30,31)/b33-23+/t18-,19-,20-/m1/s1. The molecule has 196 valence electrons. The number of morpholine rings is 1. The molecule has 36 heavy (non-hydrogen) atoms. The van der Waals surface area contributed by atoms with Gasteiger partial charge < -0.3 is 15.8 Å². The summed E-state index contributed by atoms with van der Waals surface area (Å²) >= 11 is 0. The molecule has 0 spiro atoms. The number of aromatic nitrogens is 2. The third-order valence-electron chi connectivity index (χ3n) is 7.08. The van der Waals surface area contributed by atoms with Crippen LogP contribution in [0, 0.1) is 5.92 Å². The van der Waals surface area contributed by atoms with Crippen molar-refractivity contribution in [2.45, 2.75) is 57.5 Å². The number of benzene rings is 1. The molecule has 1 saturated carbocycles. The van der Waals surface area contributed by atoms with Gasteiger partial charge in [0.1, 0.15) is 5.84 Å². The van der Waals surface area contributed by atoms with Gasteiger partial charge in [0.05, 0.1) is 30.9 Å². The third kappa shape index (κ3) is 6.35. The first-order valence-corrected chi connectivity index (χ1v) is 12.8. The normalized spacial score (nSPS) is 24.4. The van der Waals surface area contributed by atoms with Crippen molar-refractivity contribution in [2.75, 3.05) is 33.0 Å². The smallest absolute Gasteiger partial charge is 0.296 e. The van der Waals surface area contributed by atoms with Crippen LogP contribution in [0.15, 0.2) is 46.9 Å². The Hall–Kier alpha value is -2.69. The number of ether oxygens (including phenoxy) is 1. The molecule has 1 atom stereocenters. The molecule has 0 amide bonds. The van der Waals surface area contributed by atoms with E-state index in [0.29, 0.717) is 49.3 Å². The van der Waals surface area contributed by atoms with Gasteiger partial charge in [0.25, 0.3) is 6.43 Å². The van der Waals surface area contributed by atoms with Gasteiger partial charge in [-0.1, -0.05) is 25.6 Å². The van der Waals surface area contributed by atoms with Gasteiger partial charge in [0, 0.05) is 25.2 Å². The number of fused-ring (bicyclic) bond motifs is 1. The molecule has 0 radical (unpaired) electrons. The van der Waals surface area contributed by atoms with Crippen LogP contribution in [0.1, 0.15) is 51.3 Å². The van der Waals surface area contributed by atoms with E-state index < -0.39 is 6.43 Å². The Kier molecular flexibility index (Phi) is 9.17. The van der Waals surface area contributed by atoms with Gasteiger partial charge in [-0.15, -0.1) is 0 Å². The monoisotopic (exact) mass is 501 g/mol. The Bertz CT molecular complexity index is 1080.